The van der Waals surface area contributed by atoms with Gasteiger partial charge in [-0.25, -0.2) is 14.6 Å². The zero-order valence-electron chi connectivity index (χ0n) is 26.7. The van der Waals surface area contributed by atoms with Gasteiger partial charge in [0, 0.05) is 35.5 Å². The summed E-state index contributed by atoms with van der Waals surface area (Å²) in [7, 11) is 0. The molecule has 5 rings (SSSR count). The smallest absolute Gasteiger partial charge is 0.420 e. The molecule has 3 aromatic heterocycles. The van der Waals surface area contributed by atoms with Crippen LogP contribution in [0.3, 0.4) is 0 Å². The molecule has 258 valence electrons. The molecule has 3 heterocycles. The van der Waals surface area contributed by atoms with E-state index in [1.807, 2.05) is 6.92 Å². The summed E-state index contributed by atoms with van der Waals surface area (Å²) in [6.07, 6.45) is -3.67. The van der Waals surface area contributed by atoms with Crippen molar-refractivity contribution in [2.45, 2.75) is 84.7 Å². The molecule has 1 fully saturated rings. The highest BCUT2D eigenvalue weighted by atomic mass is 19.4. The summed E-state index contributed by atoms with van der Waals surface area (Å²) < 4.78 is 98.8. The van der Waals surface area contributed by atoms with Crippen LogP contribution in [0.25, 0.3) is 22.6 Å². The number of pyridine rings is 1. The Hall–Kier alpha value is -4.56. The molecule has 1 aromatic carbocycles. The first-order chi connectivity index (χ1) is 22.6. The molecule has 0 bridgehead atoms. The van der Waals surface area contributed by atoms with E-state index in [0.717, 1.165) is 36.7 Å². The van der Waals surface area contributed by atoms with E-state index in [-0.39, 0.29) is 48.0 Å². The quantitative estimate of drug-likeness (QED) is 0.129. The molecule has 15 heteroatoms. The van der Waals surface area contributed by atoms with Gasteiger partial charge in [0.25, 0.3) is 0 Å². The highest BCUT2D eigenvalue weighted by Gasteiger charge is 2.38. The summed E-state index contributed by atoms with van der Waals surface area (Å²) in [6.45, 7) is 7.04. The predicted octanol–water partition coefficient (Wildman–Crippen LogP) is 8.20. The molecular weight excluding hydrogens is 646 g/mol. The average molecular weight is 681 g/mol. The number of anilines is 1. The Morgan fingerprint density at radius 1 is 0.958 bits per heavy atom. The third-order valence-electron chi connectivity index (χ3n) is 8.50. The molecule has 0 N–H and O–H groups in total. The monoisotopic (exact) mass is 680 g/mol. The summed E-state index contributed by atoms with van der Waals surface area (Å²) in [4.78, 5) is 32.9. The fourth-order valence-electron chi connectivity index (χ4n) is 6.17. The number of aromatic nitrogens is 3. The number of halogens is 6. The number of esters is 1. The molecule has 1 aliphatic carbocycles. The second-order valence-corrected chi connectivity index (χ2v) is 11.6. The molecule has 0 amide bonds. The Kier molecular flexibility index (Phi) is 9.79. The number of aryl methyl sites for hydroxylation is 1. The lowest BCUT2D eigenvalue weighted by molar-refractivity contribution is -0.143. The van der Waals surface area contributed by atoms with Crippen molar-refractivity contribution >= 4 is 11.8 Å². The van der Waals surface area contributed by atoms with Gasteiger partial charge in [0.2, 0.25) is 0 Å². The van der Waals surface area contributed by atoms with Gasteiger partial charge in [-0.15, -0.1) is 0 Å². The number of ether oxygens (including phenoxy) is 1. The highest BCUT2D eigenvalue weighted by Crippen LogP contribution is 2.40. The summed E-state index contributed by atoms with van der Waals surface area (Å²) >= 11 is 0. The maximum absolute atomic E-state index is 13.6. The van der Waals surface area contributed by atoms with Crippen LogP contribution in [0.15, 0.2) is 44.2 Å². The van der Waals surface area contributed by atoms with Crippen molar-refractivity contribution in [1.82, 2.24) is 14.7 Å². The maximum Gasteiger partial charge on any atom is 0.420 e. The topological polar surface area (TPSA) is 104 Å². The third-order valence-corrected chi connectivity index (χ3v) is 8.50. The molecule has 1 saturated carbocycles. The summed E-state index contributed by atoms with van der Waals surface area (Å²) in [5.41, 5.74) is -2.41. The van der Waals surface area contributed by atoms with Crippen LogP contribution in [0.4, 0.5) is 32.2 Å². The first-order valence-electron chi connectivity index (χ1n) is 15.5. The van der Waals surface area contributed by atoms with Crippen molar-refractivity contribution in [3.63, 3.8) is 0 Å². The lowest BCUT2D eigenvalue weighted by Gasteiger charge is -2.35. The van der Waals surface area contributed by atoms with Gasteiger partial charge in [-0.3, -0.25) is 4.57 Å². The molecule has 0 atom stereocenters. The predicted molar refractivity (Wildman–Crippen MR) is 163 cm³/mol. The summed E-state index contributed by atoms with van der Waals surface area (Å²) in [6, 6.07) is 2.86. The lowest BCUT2D eigenvalue weighted by Crippen LogP contribution is -2.38. The number of benzene rings is 1. The minimum absolute atomic E-state index is 0.00670. The maximum atomic E-state index is 13.6. The molecule has 0 radical (unpaired) electrons. The van der Waals surface area contributed by atoms with E-state index in [1.54, 1.807) is 19.9 Å². The molecule has 4 aromatic rings. The fourth-order valence-corrected chi connectivity index (χ4v) is 6.17. The van der Waals surface area contributed by atoms with Crippen molar-refractivity contribution < 1.29 is 44.8 Å². The minimum Gasteiger partial charge on any atom is -0.462 e. The van der Waals surface area contributed by atoms with Crippen LogP contribution >= 0.6 is 0 Å². The van der Waals surface area contributed by atoms with E-state index in [0.29, 0.717) is 35.6 Å². The van der Waals surface area contributed by atoms with Crippen molar-refractivity contribution in [3.8, 4) is 22.6 Å². The normalized spacial score (nSPS) is 14.4. The van der Waals surface area contributed by atoms with E-state index in [4.69, 9.17) is 18.7 Å². The average Bonchev–Trinajstić information content (AvgIpc) is 3.56. The van der Waals surface area contributed by atoms with Crippen molar-refractivity contribution in [2.75, 3.05) is 18.1 Å². The minimum atomic E-state index is -5.09. The number of carbonyl (C=O) groups excluding carboxylic acids is 1. The fraction of sp³-hybridized carbons (Fsp3) is 0.455. The highest BCUT2D eigenvalue weighted by molar-refractivity contribution is 5.96. The first kappa shape index (κ1) is 34.8. The van der Waals surface area contributed by atoms with E-state index in [2.05, 4.69) is 10.1 Å². The van der Waals surface area contributed by atoms with Crippen LogP contribution in [-0.4, -0.2) is 39.9 Å². The zero-order valence-corrected chi connectivity index (χ0v) is 26.7. The summed E-state index contributed by atoms with van der Waals surface area (Å²) in [5.74, 6) is -1.46. The van der Waals surface area contributed by atoms with Gasteiger partial charge in [0.15, 0.2) is 11.5 Å². The SMILES string of the molecule is CCOC(=O)c1c(C)noc1-c1cnc(N(CC)C2CCCCC2)c(Cn2c(C)c(-c3cc(C(F)(F)F)cc(C(F)(F)F)c3)oc2=O)c1. The van der Waals surface area contributed by atoms with Crippen molar-refractivity contribution in [1.29, 1.82) is 0 Å². The van der Waals surface area contributed by atoms with E-state index in [9.17, 15) is 35.9 Å². The zero-order chi connectivity index (χ0) is 35.0. The Labute approximate surface area is 271 Å². The molecular formula is C33H34F6N4O5. The number of nitrogens with zero attached hydrogens (tertiary/aromatic N) is 4. The second kappa shape index (κ2) is 13.5. The van der Waals surface area contributed by atoms with E-state index >= 15 is 0 Å². The van der Waals surface area contributed by atoms with Crippen LogP contribution < -0.4 is 10.7 Å². The Morgan fingerprint density at radius 2 is 1.60 bits per heavy atom. The Bertz CT molecular complexity index is 1820. The number of oxazole rings is 1. The number of hydrogen-bond donors (Lipinski definition) is 0. The van der Waals surface area contributed by atoms with Crippen LogP contribution in [0.1, 0.15) is 84.4 Å². The second-order valence-electron chi connectivity index (χ2n) is 11.6. The number of carbonyl (C=O) groups is 1. The van der Waals surface area contributed by atoms with Crippen LogP contribution in [0.5, 0.6) is 0 Å². The number of alkyl halides is 6. The molecule has 48 heavy (non-hydrogen) atoms. The largest absolute Gasteiger partial charge is 0.462 e. The molecule has 9 nitrogen and oxygen atoms in total. The number of hydrogen-bond acceptors (Lipinski definition) is 8. The van der Waals surface area contributed by atoms with Crippen LogP contribution in [-0.2, 0) is 23.6 Å². The number of rotatable bonds is 9. The molecule has 0 spiro atoms. The molecule has 0 aliphatic heterocycles. The van der Waals surface area contributed by atoms with Gasteiger partial charge in [0.05, 0.1) is 35.7 Å². The van der Waals surface area contributed by atoms with E-state index < -0.39 is 46.5 Å². The molecule has 1 aliphatic rings. The first-order valence-corrected chi connectivity index (χ1v) is 15.5. The van der Waals surface area contributed by atoms with E-state index in [1.165, 1.54) is 13.1 Å². The van der Waals surface area contributed by atoms with Gasteiger partial charge in [-0.05, 0) is 64.8 Å². The van der Waals surface area contributed by atoms with Gasteiger partial charge in [-0.2, -0.15) is 26.3 Å². The third kappa shape index (κ3) is 6.99. The van der Waals surface area contributed by atoms with Gasteiger partial charge in [0.1, 0.15) is 11.4 Å². The summed E-state index contributed by atoms with van der Waals surface area (Å²) in [5, 5.41) is 3.93. The van der Waals surface area contributed by atoms with Crippen molar-refractivity contribution in [2.24, 2.45) is 0 Å². The molecule has 0 unspecified atom stereocenters. The van der Waals surface area contributed by atoms with Gasteiger partial charge >= 0.3 is 24.1 Å². The molecule has 0 saturated heterocycles. The Morgan fingerprint density at radius 3 is 2.19 bits per heavy atom. The lowest BCUT2D eigenvalue weighted by atomic mass is 9.93. The van der Waals surface area contributed by atoms with Crippen molar-refractivity contribution in [3.05, 3.63) is 74.7 Å². The van der Waals surface area contributed by atoms with Gasteiger partial charge in [-0.1, -0.05) is 24.4 Å². The van der Waals surface area contributed by atoms with Gasteiger partial charge < -0.3 is 18.6 Å². The standard InChI is InChI=1S/C33H34F6N4O5/c1-5-42(25-10-8-7-9-11-25)29-22(12-21(16-40-29)28-26(18(3)41-48-28)30(44)46-6-2)17-43-19(4)27(47-31(43)45)20-13-23(32(34,35)36)15-24(14-20)33(37,38)39/h12-16,25H,5-11,17H2,1-4H3. The van der Waals surface area contributed by atoms with Crippen LogP contribution in [0.2, 0.25) is 0 Å². The van der Waals surface area contributed by atoms with Crippen LogP contribution in [0, 0.1) is 13.8 Å². The Balaban J connectivity index is 1.65.